The zero-order chi connectivity index (χ0) is 12.8. The number of nitrogens with one attached hydrogen (secondary N) is 1. The summed E-state index contributed by atoms with van der Waals surface area (Å²) in [5, 5.41) is 3.21. The molecule has 1 atom stereocenters. The molecule has 1 fully saturated rings. The lowest BCUT2D eigenvalue weighted by Gasteiger charge is -2.30. The summed E-state index contributed by atoms with van der Waals surface area (Å²) in [4.78, 5) is 12.1. The summed E-state index contributed by atoms with van der Waals surface area (Å²) < 4.78 is 0. The van der Waals surface area contributed by atoms with E-state index in [0.717, 1.165) is 12.0 Å². The summed E-state index contributed by atoms with van der Waals surface area (Å²) in [5.74, 6) is 0.754. The van der Waals surface area contributed by atoms with Gasteiger partial charge in [0.05, 0.1) is 0 Å². The SMILES string of the molecule is CCC(NC(=O)c1ccccc1)C1CCCCC1. The molecule has 0 aliphatic heterocycles. The van der Waals surface area contributed by atoms with E-state index in [4.69, 9.17) is 0 Å². The molecule has 0 bridgehead atoms. The van der Waals surface area contributed by atoms with E-state index < -0.39 is 0 Å². The van der Waals surface area contributed by atoms with Crippen LogP contribution in [0.4, 0.5) is 0 Å². The Labute approximate surface area is 110 Å². The van der Waals surface area contributed by atoms with Gasteiger partial charge in [0, 0.05) is 11.6 Å². The topological polar surface area (TPSA) is 29.1 Å². The summed E-state index contributed by atoms with van der Waals surface area (Å²) in [5.41, 5.74) is 0.770. The van der Waals surface area contributed by atoms with Gasteiger partial charge in [-0.25, -0.2) is 0 Å². The average molecular weight is 245 g/mol. The summed E-state index contributed by atoms with van der Waals surface area (Å²) >= 11 is 0. The molecule has 0 radical (unpaired) electrons. The van der Waals surface area contributed by atoms with Gasteiger partial charge in [-0.3, -0.25) is 4.79 Å². The predicted octanol–water partition coefficient (Wildman–Crippen LogP) is 3.78. The maximum atomic E-state index is 12.1. The molecule has 98 valence electrons. The molecule has 1 aromatic rings. The molecule has 1 unspecified atom stereocenters. The van der Waals surface area contributed by atoms with Gasteiger partial charge in [-0.1, -0.05) is 44.4 Å². The van der Waals surface area contributed by atoms with Crippen LogP contribution in [0.2, 0.25) is 0 Å². The van der Waals surface area contributed by atoms with Crippen LogP contribution in [0.3, 0.4) is 0 Å². The highest BCUT2D eigenvalue weighted by Crippen LogP contribution is 2.27. The van der Waals surface area contributed by atoms with Crippen LogP contribution in [0, 0.1) is 5.92 Å². The van der Waals surface area contributed by atoms with Gasteiger partial charge >= 0.3 is 0 Å². The fourth-order valence-corrected chi connectivity index (χ4v) is 2.93. The molecular formula is C16H23NO. The largest absolute Gasteiger partial charge is 0.349 e. The van der Waals surface area contributed by atoms with Crippen molar-refractivity contribution in [1.82, 2.24) is 5.32 Å². The minimum Gasteiger partial charge on any atom is -0.349 e. The molecule has 2 heteroatoms. The Balaban J connectivity index is 1.95. The van der Waals surface area contributed by atoms with Crippen molar-refractivity contribution in [3.8, 4) is 0 Å². The number of amides is 1. The molecule has 2 rings (SSSR count). The Bertz CT molecular complexity index is 368. The lowest BCUT2D eigenvalue weighted by atomic mass is 9.83. The third kappa shape index (κ3) is 3.34. The smallest absolute Gasteiger partial charge is 0.251 e. The maximum Gasteiger partial charge on any atom is 0.251 e. The van der Waals surface area contributed by atoms with Crippen molar-refractivity contribution in [2.45, 2.75) is 51.5 Å². The Morgan fingerprint density at radius 3 is 2.50 bits per heavy atom. The Morgan fingerprint density at radius 2 is 1.89 bits per heavy atom. The number of hydrogen-bond acceptors (Lipinski definition) is 1. The molecule has 0 heterocycles. The van der Waals surface area contributed by atoms with Gasteiger partial charge in [0.25, 0.3) is 5.91 Å². The number of hydrogen-bond donors (Lipinski definition) is 1. The van der Waals surface area contributed by atoms with Crippen molar-refractivity contribution in [1.29, 1.82) is 0 Å². The van der Waals surface area contributed by atoms with E-state index >= 15 is 0 Å². The van der Waals surface area contributed by atoms with Gasteiger partial charge in [-0.15, -0.1) is 0 Å². The molecule has 1 amide bonds. The standard InChI is InChI=1S/C16H23NO/c1-2-15(13-9-5-3-6-10-13)17-16(18)14-11-7-4-8-12-14/h4,7-8,11-13,15H,2-3,5-6,9-10H2,1H3,(H,17,18). The zero-order valence-electron chi connectivity index (χ0n) is 11.2. The molecule has 1 aliphatic carbocycles. The summed E-state index contributed by atoms with van der Waals surface area (Å²) in [6.07, 6.45) is 7.58. The lowest BCUT2D eigenvalue weighted by molar-refractivity contribution is 0.0911. The van der Waals surface area contributed by atoms with Crippen molar-refractivity contribution >= 4 is 5.91 Å². The molecular weight excluding hydrogens is 222 g/mol. The zero-order valence-corrected chi connectivity index (χ0v) is 11.2. The second-order valence-electron chi connectivity index (χ2n) is 5.25. The van der Waals surface area contributed by atoms with Crippen LogP contribution in [-0.4, -0.2) is 11.9 Å². The van der Waals surface area contributed by atoms with Gasteiger partial charge in [-0.2, -0.15) is 0 Å². The molecule has 0 aromatic heterocycles. The van der Waals surface area contributed by atoms with E-state index in [1.165, 1.54) is 32.1 Å². The summed E-state index contributed by atoms with van der Waals surface area (Å²) in [6, 6.07) is 9.87. The fraction of sp³-hybridized carbons (Fsp3) is 0.562. The average Bonchev–Trinajstić information content (AvgIpc) is 2.46. The number of benzene rings is 1. The van der Waals surface area contributed by atoms with E-state index in [0.29, 0.717) is 12.0 Å². The monoisotopic (exact) mass is 245 g/mol. The van der Waals surface area contributed by atoms with Crippen LogP contribution >= 0.6 is 0 Å². The first kappa shape index (κ1) is 13.1. The van der Waals surface area contributed by atoms with E-state index in [-0.39, 0.29) is 5.91 Å². The molecule has 1 N–H and O–H groups in total. The number of rotatable bonds is 4. The summed E-state index contributed by atoms with van der Waals surface area (Å²) in [7, 11) is 0. The van der Waals surface area contributed by atoms with Crippen LogP contribution < -0.4 is 5.32 Å². The minimum atomic E-state index is 0.0769. The first-order chi connectivity index (χ1) is 8.81. The first-order valence-electron chi connectivity index (χ1n) is 7.17. The van der Waals surface area contributed by atoms with Gasteiger partial charge in [-0.05, 0) is 37.3 Å². The van der Waals surface area contributed by atoms with Crippen LogP contribution in [0.1, 0.15) is 55.8 Å². The van der Waals surface area contributed by atoms with E-state index in [1.54, 1.807) is 0 Å². The van der Waals surface area contributed by atoms with Crippen LogP contribution in [-0.2, 0) is 0 Å². The third-order valence-electron chi connectivity index (χ3n) is 4.01. The van der Waals surface area contributed by atoms with Crippen molar-refractivity contribution in [3.05, 3.63) is 35.9 Å². The Kier molecular flexibility index (Phi) is 4.80. The van der Waals surface area contributed by atoms with Crippen LogP contribution in [0.25, 0.3) is 0 Å². The highest BCUT2D eigenvalue weighted by atomic mass is 16.1. The number of carbonyl (C=O) groups is 1. The van der Waals surface area contributed by atoms with Gasteiger partial charge < -0.3 is 5.32 Å². The lowest BCUT2D eigenvalue weighted by Crippen LogP contribution is -2.40. The third-order valence-corrected chi connectivity index (χ3v) is 4.01. The Morgan fingerprint density at radius 1 is 1.22 bits per heavy atom. The Hall–Kier alpha value is -1.31. The van der Waals surface area contributed by atoms with Crippen LogP contribution in [0.15, 0.2) is 30.3 Å². The second kappa shape index (κ2) is 6.58. The van der Waals surface area contributed by atoms with Gasteiger partial charge in [0.15, 0.2) is 0 Å². The predicted molar refractivity (Wildman–Crippen MR) is 74.6 cm³/mol. The molecule has 0 saturated heterocycles. The van der Waals surface area contributed by atoms with Gasteiger partial charge in [0.1, 0.15) is 0 Å². The van der Waals surface area contributed by atoms with Crippen molar-refractivity contribution in [2.24, 2.45) is 5.92 Å². The second-order valence-corrected chi connectivity index (χ2v) is 5.25. The molecule has 1 aliphatic rings. The number of carbonyl (C=O) groups excluding carboxylic acids is 1. The van der Waals surface area contributed by atoms with Gasteiger partial charge in [0.2, 0.25) is 0 Å². The first-order valence-corrected chi connectivity index (χ1v) is 7.17. The van der Waals surface area contributed by atoms with Crippen molar-refractivity contribution < 1.29 is 4.79 Å². The normalized spacial score (nSPS) is 18.3. The minimum absolute atomic E-state index is 0.0769. The summed E-state index contributed by atoms with van der Waals surface area (Å²) in [6.45, 7) is 2.17. The molecule has 1 saturated carbocycles. The highest BCUT2D eigenvalue weighted by Gasteiger charge is 2.23. The molecule has 18 heavy (non-hydrogen) atoms. The fourth-order valence-electron chi connectivity index (χ4n) is 2.93. The van der Waals surface area contributed by atoms with Crippen LogP contribution in [0.5, 0.6) is 0 Å². The highest BCUT2D eigenvalue weighted by molar-refractivity contribution is 5.94. The molecule has 2 nitrogen and oxygen atoms in total. The van der Waals surface area contributed by atoms with Crippen molar-refractivity contribution in [3.63, 3.8) is 0 Å². The molecule has 0 spiro atoms. The quantitative estimate of drug-likeness (QED) is 0.859. The van der Waals surface area contributed by atoms with E-state index in [9.17, 15) is 4.79 Å². The molecule has 1 aromatic carbocycles. The van der Waals surface area contributed by atoms with E-state index in [1.807, 2.05) is 30.3 Å². The maximum absolute atomic E-state index is 12.1. The van der Waals surface area contributed by atoms with Crippen molar-refractivity contribution in [2.75, 3.05) is 0 Å². The van der Waals surface area contributed by atoms with E-state index in [2.05, 4.69) is 12.2 Å².